The topological polar surface area (TPSA) is 14.8 Å². The number of rotatable bonds is 5. The van der Waals surface area contributed by atoms with E-state index in [1.807, 2.05) is 0 Å². The molecule has 0 radical (unpaired) electrons. The van der Waals surface area contributed by atoms with Gasteiger partial charge in [-0.3, -0.25) is 0 Å². The molecule has 12 aromatic rings. The molecular formula is C54H35N3. The van der Waals surface area contributed by atoms with E-state index in [-0.39, 0.29) is 0 Å². The Kier molecular flexibility index (Phi) is 6.93. The van der Waals surface area contributed by atoms with Crippen LogP contribution in [0, 0.1) is 0 Å². The van der Waals surface area contributed by atoms with Gasteiger partial charge in [0.25, 0.3) is 0 Å². The smallest absolute Gasteiger partial charge is 0.0562 e. The Balaban J connectivity index is 1.09. The lowest BCUT2D eigenvalue weighted by Crippen LogP contribution is -1.96. The standard InChI is InChI=1S/C54H35N3/c1-4-15-36(16-5-1)37-27-32-51-46(35-37)54-52(56(51)41-19-8-3-9-20-41)25-14-26-53(54)57-48-24-13-11-22-43(48)45-34-39(29-31-50(45)57)38-28-30-49-44(33-38)42-21-10-12-23-47(42)55(49)40-17-6-2-7-18-40/h1-35H. The molecule has 0 N–H and O–H groups in total. The van der Waals surface area contributed by atoms with Crippen molar-refractivity contribution in [1.29, 1.82) is 0 Å². The zero-order chi connectivity index (χ0) is 37.5. The Bertz CT molecular complexity index is 3500. The third-order valence-electron chi connectivity index (χ3n) is 11.8. The molecule has 0 aliphatic heterocycles. The fourth-order valence-corrected chi connectivity index (χ4v) is 9.32. The van der Waals surface area contributed by atoms with E-state index in [4.69, 9.17) is 0 Å². The average Bonchev–Trinajstić information content (AvgIpc) is 3.92. The van der Waals surface area contributed by atoms with Gasteiger partial charge in [0.1, 0.15) is 0 Å². The summed E-state index contributed by atoms with van der Waals surface area (Å²) in [5.74, 6) is 0. The predicted octanol–water partition coefficient (Wildman–Crippen LogP) is 14.3. The number of fused-ring (bicyclic) bond motifs is 9. The summed E-state index contributed by atoms with van der Waals surface area (Å²) in [6.07, 6.45) is 0. The van der Waals surface area contributed by atoms with Crippen LogP contribution in [-0.2, 0) is 0 Å². The molecule has 0 spiro atoms. The Labute approximate surface area is 329 Å². The van der Waals surface area contributed by atoms with E-state index in [9.17, 15) is 0 Å². The van der Waals surface area contributed by atoms with Crippen LogP contribution >= 0.6 is 0 Å². The number of hydrogen-bond donors (Lipinski definition) is 0. The maximum Gasteiger partial charge on any atom is 0.0562 e. The highest BCUT2D eigenvalue weighted by molar-refractivity contribution is 6.18. The summed E-state index contributed by atoms with van der Waals surface area (Å²) in [7, 11) is 0. The highest BCUT2D eigenvalue weighted by Gasteiger charge is 2.21. The summed E-state index contributed by atoms with van der Waals surface area (Å²) >= 11 is 0. The first-order valence-corrected chi connectivity index (χ1v) is 19.6. The third kappa shape index (κ3) is 4.79. The van der Waals surface area contributed by atoms with Crippen LogP contribution in [0.3, 0.4) is 0 Å². The maximum absolute atomic E-state index is 2.48. The molecule has 0 saturated heterocycles. The van der Waals surface area contributed by atoms with Gasteiger partial charge >= 0.3 is 0 Å². The molecule has 3 nitrogen and oxygen atoms in total. The molecule has 0 fully saturated rings. The second kappa shape index (κ2) is 12.5. The molecule has 3 heteroatoms. The monoisotopic (exact) mass is 725 g/mol. The SMILES string of the molecule is c1ccc(-c2ccc3c(c2)c2c(-n4c5ccccc5c5cc(-c6ccc7c(c6)c6ccccc6n7-c6ccccc6)ccc54)cccc2n3-c2ccccc2)cc1. The fraction of sp³-hybridized carbons (Fsp3) is 0. The lowest BCUT2D eigenvalue weighted by atomic mass is 10.0. The molecule has 9 aromatic carbocycles. The second-order valence-electron chi connectivity index (χ2n) is 14.9. The fourth-order valence-electron chi connectivity index (χ4n) is 9.32. The molecule has 0 unspecified atom stereocenters. The summed E-state index contributed by atoms with van der Waals surface area (Å²) in [4.78, 5) is 0. The zero-order valence-electron chi connectivity index (χ0n) is 31.0. The van der Waals surface area contributed by atoms with Crippen LogP contribution in [0.2, 0.25) is 0 Å². The van der Waals surface area contributed by atoms with Crippen molar-refractivity contribution in [2.45, 2.75) is 0 Å². The Morgan fingerprint density at radius 1 is 0.228 bits per heavy atom. The van der Waals surface area contributed by atoms with Crippen molar-refractivity contribution in [2.75, 3.05) is 0 Å². The van der Waals surface area contributed by atoms with Gasteiger partial charge in [0, 0.05) is 43.7 Å². The van der Waals surface area contributed by atoms with Crippen LogP contribution in [0.1, 0.15) is 0 Å². The van der Waals surface area contributed by atoms with Crippen molar-refractivity contribution in [3.63, 3.8) is 0 Å². The molecule has 3 aromatic heterocycles. The third-order valence-corrected chi connectivity index (χ3v) is 11.8. The van der Waals surface area contributed by atoms with Gasteiger partial charge in [-0.25, -0.2) is 0 Å². The van der Waals surface area contributed by atoms with E-state index in [0.717, 1.165) is 5.69 Å². The minimum atomic E-state index is 1.15. The minimum absolute atomic E-state index is 1.15. The van der Waals surface area contributed by atoms with Crippen LogP contribution in [0.15, 0.2) is 212 Å². The van der Waals surface area contributed by atoms with Crippen LogP contribution in [-0.4, -0.2) is 13.7 Å². The van der Waals surface area contributed by atoms with E-state index in [0.29, 0.717) is 0 Å². The van der Waals surface area contributed by atoms with E-state index < -0.39 is 0 Å². The molecule has 266 valence electrons. The molecule has 0 aliphatic rings. The lowest BCUT2D eigenvalue weighted by molar-refractivity contribution is 1.17. The van der Waals surface area contributed by atoms with Crippen molar-refractivity contribution in [2.24, 2.45) is 0 Å². The molecule has 12 rings (SSSR count). The van der Waals surface area contributed by atoms with Crippen molar-refractivity contribution >= 4 is 65.4 Å². The molecule has 0 aliphatic carbocycles. The summed E-state index contributed by atoms with van der Waals surface area (Å²) in [5.41, 5.74) is 15.5. The summed E-state index contributed by atoms with van der Waals surface area (Å²) in [5, 5.41) is 7.46. The van der Waals surface area contributed by atoms with Gasteiger partial charge in [-0.2, -0.15) is 0 Å². The first-order chi connectivity index (χ1) is 28.3. The number of benzene rings is 9. The first kappa shape index (κ1) is 31.7. The van der Waals surface area contributed by atoms with Crippen molar-refractivity contribution in [1.82, 2.24) is 13.7 Å². The summed E-state index contributed by atoms with van der Waals surface area (Å²) in [6, 6.07) is 77.4. The Morgan fingerprint density at radius 2 is 0.632 bits per heavy atom. The van der Waals surface area contributed by atoms with Crippen LogP contribution < -0.4 is 0 Å². The molecule has 57 heavy (non-hydrogen) atoms. The largest absolute Gasteiger partial charge is 0.309 e. The number of nitrogens with zero attached hydrogens (tertiary/aromatic N) is 3. The Morgan fingerprint density at radius 3 is 1.23 bits per heavy atom. The van der Waals surface area contributed by atoms with Gasteiger partial charge in [-0.15, -0.1) is 0 Å². The van der Waals surface area contributed by atoms with Gasteiger partial charge < -0.3 is 13.7 Å². The number of aromatic nitrogens is 3. The van der Waals surface area contributed by atoms with Gasteiger partial charge in [-0.05, 0) is 107 Å². The first-order valence-electron chi connectivity index (χ1n) is 19.6. The Hall–Kier alpha value is -7.62. The van der Waals surface area contributed by atoms with E-state index in [1.165, 1.54) is 99.0 Å². The molecule has 0 bridgehead atoms. The van der Waals surface area contributed by atoms with Gasteiger partial charge in [0.15, 0.2) is 0 Å². The second-order valence-corrected chi connectivity index (χ2v) is 14.9. The quantitative estimate of drug-likeness (QED) is 0.168. The van der Waals surface area contributed by atoms with Gasteiger partial charge in [-0.1, -0.05) is 127 Å². The molecule has 0 amide bonds. The van der Waals surface area contributed by atoms with Crippen LogP contribution in [0.4, 0.5) is 0 Å². The van der Waals surface area contributed by atoms with E-state index in [1.54, 1.807) is 0 Å². The minimum Gasteiger partial charge on any atom is -0.309 e. The molecule has 0 saturated carbocycles. The normalized spacial score (nSPS) is 11.9. The van der Waals surface area contributed by atoms with Crippen molar-refractivity contribution in [3.8, 4) is 39.3 Å². The van der Waals surface area contributed by atoms with Gasteiger partial charge in [0.05, 0.1) is 38.8 Å². The van der Waals surface area contributed by atoms with Crippen molar-refractivity contribution in [3.05, 3.63) is 212 Å². The van der Waals surface area contributed by atoms with E-state index >= 15 is 0 Å². The van der Waals surface area contributed by atoms with Crippen molar-refractivity contribution < 1.29 is 0 Å². The van der Waals surface area contributed by atoms with Gasteiger partial charge in [0.2, 0.25) is 0 Å². The lowest BCUT2D eigenvalue weighted by Gasteiger charge is -2.12. The highest BCUT2D eigenvalue weighted by atomic mass is 15.0. The number of para-hydroxylation sites is 4. The van der Waals surface area contributed by atoms with Crippen LogP contribution in [0.25, 0.3) is 105 Å². The summed E-state index contributed by atoms with van der Waals surface area (Å²) in [6.45, 7) is 0. The van der Waals surface area contributed by atoms with E-state index in [2.05, 4.69) is 226 Å². The number of hydrogen-bond acceptors (Lipinski definition) is 0. The highest BCUT2D eigenvalue weighted by Crippen LogP contribution is 2.42. The zero-order valence-corrected chi connectivity index (χ0v) is 31.0. The predicted molar refractivity (Wildman–Crippen MR) is 240 cm³/mol. The summed E-state index contributed by atoms with van der Waals surface area (Å²) < 4.78 is 7.28. The average molecular weight is 726 g/mol. The molecule has 0 atom stereocenters. The molecular weight excluding hydrogens is 691 g/mol. The maximum atomic E-state index is 2.48. The van der Waals surface area contributed by atoms with Crippen LogP contribution in [0.5, 0.6) is 0 Å². The molecule has 3 heterocycles.